The lowest BCUT2D eigenvalue weighted by Crippen LogP contribution is -2.49. The molecule has 1 amide bonds. The van der Waals surface area contributed by atoms with Crippen molar-refractivity contribution >= 4 is 33.0 Å². The quantitative estimate of drug-likeness (QED) is 0.747. The predicted octanol–water partition coefficient (Wildman–Crippen LogP) is -0.549. The number of nitrogen functional groups attached to an aromatic ring is 1. The second-order valence-corrected chi connectivity index (χ2v) is 6.46. The monoisotopic (exact) mass is 261 g/mol. The minimum absolute atomic E-state index is 0.125. The number of amides is 1. The van der Waals surface area contributed by atoms with Crippen LogP contribution in [0.1, 0.15) is 0 Å². The fraction of sp³-hybridized carbons (Fsp3) is 0.375. The number of nitrogens with two attached hydrogens (primary N) is 1. The second-order valence-electron chi connectivity index (χ2n) is 3.39. The van der Waals surface area contributed by atoms with E-state index >= 15 is 0 Å². The summed E-state index contributed by atoms with van der Waals surface area (Å²) in [5.41, 5.74) is 5.90. The number of anilines is 1. The molecule has 0 atom stereocenters. The van der Waals surface area contributed by atoms with Gasteiger partial charge in [-0.25, -0.2) is 8.42 Å². The standard InChI is InChI=1S/C8H11N3O3S2/c9-6-3-8(15-5-6)16(13,14)11-2-1-10-7(12)4-11/h3,5H,1-2,4,9H2,(H,10,12). The van der Waals surface area contributed by atoms with Crippen LogP contribution in [-0.4, -0.2) is 38.3 Å². The van der Waals surface area contributed by atoms with Crippen molar-refractivity contribution in [3.8, 4) is 0 Å². The van der Waals surface area contributed by atoms with Gasteiger partial charge in [0.05, 0.1) is 6.54 Å². The van der Waals surface area contributed by atoms with Crippen LogP contribution in [0.5, 0.6) is 0 Å². The van der Waals surface area contributed by atoms with Gasteiger partial charge in [0.15, 0.2) is 0 Å². The molecule has 1 aromatic heterocycles. The Morgan fingerprint density at radius 1 is 1.50 bits per heavy atom. The summed E-state index contributed by atoms with van der Waals surface area (Å²) in [5, 5.41) is 4.14. The van der Waals surface area contributed by atoms with Gasteiger partial charge in [0.25, 0.3) is 10.0 Å². The van der Waals surface area contributed by atoms with Crippen molar-refractivity contribution in [2.75, 3.05) is 25.4 Å². The molecule has 1 fully saturated rings. The number of thiophene rings is 1. The smallest absolute Gasteiger partial charge is 0.253 e. The maximum Gasteiger partial charge on any atom is 0.253 e. The summed E-state index contributed by atoms with van der Waals surface area (Å²) in [6.45, 7) is 0.519. The van der Waals surface area contributed by atoms with E-state index in [4.69, 9.17) is 5.73 Å². The maximum atomic E-state index is 12.0. The van der Waals surface area contributed by atoms with Crippen LogP contribution in [0.25, 0.3) is 0 Å². The zero-order valence-electron chi connectivity index (χ0n) is 8.34. The molecular formula is C8H11N3O3S2. The van der Waals surface area contributed by atoms with E-state index in [9.17, 15) is 13.2 Å². The molecule has 2 heterocycles. The predicted molar refractivity (Wildman–Crippen MR) is 60.5 cm³/mol. The Kier molecular flexibility index (Phi) is 2.87. The highest BCUT2D eigenvalue weighted by Gasteiger charge is 2.30. The van der Waals surface area contributed by atoms with Crippen molar-refractivity contribution in [1.29, 1.82) is 0 Å². The van der Waals surface area contributed by atoms with E-state index in [1.165, 1.54) is 6.07 Å². The normalized spacial score (nSPS) is 18.4. The molecule has 0 spiro atoms. The summed E-state index contributed by atoms with van der Waals surface area (Å²) in [6, 6.07) is 1.41. The number of hydrogen-bond acceptors (Lipinski definition) is 5. The fourth-order valence-corrected chi connectivity index (χ4v) is 4.04. The Bertz CT molecular complexity index is 508. The average Bonchev–Trinajstić information content (AvgIpc) is 2.65. The van der Waals surface area contributed by atoms with E-state index in [2.05, 4.69) is 5.32 Å². The Labute approximate surface area is 97.1 Å². The fourth-order valence-electron chi connectivity index (χ4n) is 1.41. The van der Waals surface area contributed by atoms with Crippen LogP contribution in [0.2, 0.25) is 0 Å². The van der Waals surface area contributed by atoms with Crippen molar-refractivity contribution in [1.82, 2.24) is 9.62 Å². The summed E-state index contributed by atoms with van der Waals surface area (Å²) in [7, 11) is -3.56. The number of sulfonamides is 1. The van der Waals surface area contributed by atoms with Gasteiger partial charge in [-0.15, -0.1) is 11.3 Å². The number of carbonyl (C=O) groups excluding carboxylic acids is 1. The van der Waals surface area contributed by atoms with Gasteiger partial charge in [0.2, 0.25) is 5.91 Å². The Hall–Kier alpha value is -1.12. The summed E-state index contributed by atoms with van der Waals surface area (Å²) in [4.78, 5) is 11.1. The van der Waals surface area contributed by atoms with Crippen LogP contribution in [0.4, 0.5) is 5.69 Å². The van der Waals surface area contributed by atoms with Gasteiger partial charge in [-0.1, -0.05) is 0 Å². The molecule has 0 saturated carbocycles. The van der Waals surface area contributed by atoms with Gasteiger partial charge in [-0.05, 0) is 6.07 Å². The molecule has 0 bridgehead atoms. The second kappa shape index (κ2) is 4.04. The molecule has 2 rings (SSSR count). The number of rotatable bonds is 2. The van der Waals surface area contributed by atoms with E-state index in [0.29, 0.717) is 18.8 Å². The number of piperazine rings is 1. The third-order valence-corrected chi connectivity index (χ3v) is 5.47. The van der Waals surface area contributed by atoms with Crippen LogP contribution in [0.3, 0.4) is 0 Å². The molecule has 1 aliphatic heterocycles. The first-order valence-corrected chi connectivity index (χ1v) is 6.93. The third-order valence-electron chi connectivity index (χ3n) is 2.19. The molecule has 0 radical (unpaired) electrons. The Morgan fingerprint density at radius 2 is 2.25 bits per heavy atom. The topological polar surface area (TPSA) is 92.5 Å². The highest BCUT2D eigenvalue weighted by molar-refractivity contribution is 7.91. The Balaban J connectivity index is 2.28. The molecule has 1 saturated heterocycles. The zero-order valence-corrected chi connectivity index (χ0v) is 9.97. The summed E-state index contributed by atoms with van der Waals surface area (Å²) in [5.74, 6) is -0.278. The molecule has 0 aromatic carbocycles. The average molecular weight is 261 g/mol. The summed E-state index contributed by atoms with van der Waals surface area (Å²) < 4.78 is 25.4. The van der Waals surface area contributed by atoms with Gasteiger partial charge in [0.1, 0.15) is 4.21 Å². The molecule has 0 aliphatic carbocycles. The molecule has 6 nitrogen and oxygen atoms in total. The third kappa shape index (κ3) is 2.04. The zero-order chi connectivity index (χ0) is 11.8. The van der Waals surface area contributed by atoms with Crippen molar-refractivity contribution in [2.24, 2.45) is 0 Å². The number of nitrogens with one attached hydrogen (secondary N) is 1. The van der Waals surface area contributed by atoms with Crippen molar-refractivity contribution in [3.05, 3.63) is 11.4 Å². The van der Waals surface area contributed by atoms with E-state index in [1.807, 2.05) is 0 Å². The Morgan fingerprint density at radius 3 is 2.81 bits per heavy atom. The van der Waals surface area contributed by atoms with Gasteiger partial charge < -0.3 is 11.1 Å². The van der Waals surface area contributed by atoms with E-state index in [1.54, 1.807) is 5.38 Å². The number of carbonyl (C=O) groups is 1. The molecule has 3 N–H and O–H groups in total. The van der Waals surface area contributed by atoms with E-state index in [-0.39, 0.29) is 16.7 Å². The first-order chi connectivity index (χ1) is 7.50. The maximum absolute atomic E-state index is 12.0. The van der Waals surface area contributed by atoms with Crippen molar-refractivity contribution in [3.63, 3.8) is 0 Å². The minimum Gasteiger partial charge on any atom is -0.398 e. The van der Waals surface area contributed by atoms with E-state index < -0.39 is 10.0 Å². The van der Waals surface area contributed by atoms with Gasteiger partial charge in [-0.2, -0.15) is 4.31 Å². The lowest BCUT2D eigenvalue weighted by molar-refractivity contribution is -0.122. The van der Waals surface area contributed by atoms with E-state index in [0.717, 1.165) is 15.6 Å². The first kappa shape index (κ1) is 11.4. The molecule has 16 heavy (non-hydrogen) atoms. The number of hydrogen-bond donors (Lipinski definition) is 2. The van der Waals surface area contributed by atoms with Crippen molar-refractivity contribution < 1.29 is 13.2 Å². The highest BCUT2D eigenvalue weighted by Crippen LogP contribution is 2.25. The summed E-state index contributed by atoms with van der Waals surface area (Å²) in [6.07, 6.45) is 0. The lowest BCUT2D eigenvalue weighted by atomic mass is 10.4. The van der Waals surface area contributed by atoms with Gasteiger partial charge in [0, 0.05) is 24.2 Å². The summed E-state index contributed by atoms with van der Waals surface area (Å²) >= 11 is 1.07. The van der Waals surface area contributed by atoms with Crippen LogP contribution in [0.15, 0.2) is 15.7 Å². The molecule has 8 heteroatoms. The number of nitrogens with zero attached hydrogens (tertiary/aromatic N) is 1. The lowest BCUT2D eigenvalue weighted by Gasteiger charge is -2.25. The molecule has 88 valence electrons. The van der Waals surface area contributed by atoms with Gasteiger partial charge in [-0.3, -0.25) is 4.79 Å². The van der Waals surface area contributed by atoms with Crippen LogP contribution < -0.4 is 11.1 Å². The molecule has 1 aliphatic rings. The van der Waals surface area contributed by atoms with Crippen LogP contribution in [0, 0.1) is 0 Å². The van der Waals surface area contributed by atoms with Gasteiger partial charge >= 0.3 is 0 Å². The molecule has 0 unspecified atom stereocenters. The largest absolute Gasteiger partial charge is 0.398 e. The van der Waals surface area contributed by atoms with Crippen molar-refractivity contribution in [2.45, 2.75) is 4.21 Å². The SMILES string of the molecule is Nc1csc(S(=O)(=O)N2CCNC(=O)C2)c1. The minimum atomic E-state index is -3.56. The van der Waals surface area contributed by atoms with Crippen LogP contribution in [-0.2, 0) is 14.8 Å². The highest BCUT2D eigenvalue weighted by atomic mass is 32.2. The first-order valence-electron chi connectivity index (χ1n) is 4.61. The molecular weight excluding hydrogens is 250 g/mol. The van der Waals surface area contributed by atoms with Crippen LogP contribution >= 0.6 is 11.3 Å². The molecule has 1 aromatic rings.